The molecule has 0 aromatic heterocycles. The number of hydrogen-bond acceptors (Lipinski definition) is 21. The predicted octanol–water partition coefficient (Wildman–Crippen LogP) is -3.42. The fourth-order valence-electron chi connectivity index (χ4n) is 10.9. The molecule has 1 saturated heterocycles. The summed E-state index contributed by atoms with van der Waals surface area (Å²) in [5, 5.41) is 112. The fraction of sp³-hybridized carbons (Fsp3) is 0.449. The molecular formula is C49H60N8O16. The number of dihydropyridines is 2. The Morgan fingerprint density at radius 2 is 1.73 bits per heavy atom. The largest absolute Gasteiger partial charge is 0.507 e. The van der Waals surface area contributed by atoms with Gasteiger partial charge in [0.15, 0.2) is 17.3 Å². The highest BCUT2D eigenvalue weighted by molar-refractivity contribution is 6.31. The molecule has 4 heterocycles. The highest BCUT2D eigenvalue weighted by Gasteiger charge is 2.68. The summed E-state index contributed by atoms with van der Waals surface area (Å²) in [6.45, 7) is -1.60. The molecule has 0 bridgehead atoms. The zero-order valence-electron chi connectivity index (χ0n) is 39.8. The second kappa shape index (κ2) is 20.7. The molecule has 9 atom stereocenters. The zero-order valence-corrected chi connectivity index (χ0v) is 39.8. The molecule has 0 spiro atoms. The van der Waals surface area contributed by atoms with Crippen LogP contribution in [0.1, 0.15) is 73.4 Å². The first-order valence-electron chi connectivity index (χ1n) is 23.5. The number of phenolic OH excluding ortho intramolecular Hbond substituents is 1. The lowest BCUT2D eigenvalue weighted by atomic mass is 9.73. The van der Waals surface area contributed by atoms with Gasteiger partial charge in [-0.15, -0.1) is 0 Å². The van der Waals surface area contributed by atoms with Crippen molar-refractivity contribution in [3.63, 3.8) is 0 Å². The van der Waals surface area contributed by atoms with Gasteiger partial charge < -0.3 is 93.3 Å². The monoisotopic (exact) mass is 1020 g/mol. The number of fused-ring (bicyclic) bond motifs is 4. The molecule has 73 heavy (non-hydrogen) atoms. The Morgan fingerprint density at radius 1 is 1.01 bits per heavy atom. The molecule has 6 aliphatic rings. The number of guanidine groups is 1. The predicted molar refractivity (Wildman–Crippen MR) is 255 cm³/mol. The number of aliphatic hydroxyl groups excluding tert-OH is 5. The number of carbonyl (C=O) groups excluding carboxylic acids is 4. The van der Waals surface area contributed by atoms with E-state index >= 15 is 9.59 Å². The second-order valence-electron chi connectivity index (χ2n) is 18.7. The van der Waals surface area contributed by atoms with Gasteiger partial charge in [0.1, 0.15) is 29.5 Å². The summed E-state index contributed by atoms with van der Waals surface area (Å²) < 4.78 is 17.3. The summed E-state index contributed by atoms with van der Waals surface area (Å²) in [5.41, 5.74) is 15.2. The number of nitrogens with zero attached hydrogens (tertiary/aromatic N) is 2. The molecule has 2 amide bonds. The van der Waals surface area contributed by atoms with Gasteiger partial charge in [-0.1, -0.05) is 12.2 Å². The number of aliphatic imine (C=N–C) groups is 1. The molecule has 2 aromatic rings. The number of imide groups is 1. The van der Waals surface area contributed by atoms with Crippen LogP contribution < -0.4 is 42.6 Å². The van der Waals surface area contributed by atoms with Gasteiger partial charge in [-0.05, 0) is 78.4 Å². The van der Waals surface area contributed by atoms with Gasteiger partial charge in [0.2, 0.25) is 18.4 Å². The van der Waals surface area contributed by atoms with Crippen molar-refractivity contribution in [2.75, 3.05) is 33.9 Å². The minimum absolute atomic E-state index is 0.0176. The van der Waals surface area contributed by atoms with Crippen molar-refractivity contribution in [3.8, 4) is 17.2 Å². The molecular weight excluding hydrogens is 957 g/mol. The first kappa shape index (κ1) is 52.6. The van der Waals surface area contributed by atoms with Crippen LogP contribution in [-0.4, -0.2) is 156 Å². The minimum Gasteiger partial charge on any atom is -0.507 e. The number of allylic oxidation sites excluding steroid dienone is 3. The smallest absolute Gasteiger partial charge is 0.253 e. The Labute approximate surface area is 417 Å². The molecule has 1 unspecified atom stereocenters. The van der Waals surface area contributed by atoms with E-state index in [1.54, 1.807) is 18.4 Å². The van der Waals surface area contributed by atoms with Gasteiger partial charge in [0.25, 0.3) is 17.6 Å². The maximum absolute atomic E-state index is 15.4. The van der Waals surface area contributed by atoms with Crippen LogP contribution in [0, 0.1) is 17.8 Å². The Kier molecular flexibility index (Phi) is 14.9. The Hall–Kier alpha value is -6.71. The molecule has 2 aromatic carbocycles. The number of carbonyl (C=O) groups is 4. The molecule has 0 saturated carbocycles. The van der Waals surface area contributed by atoms with E-state index in [-0.39, 0.29) is 84.2 Å². The summed E-state index contributed by atoms with van der Waals surface area (Å²) in [4.78, 5) is 60.9. The van der Waals surface area contributed by atoms with E-state index in [0.717, 1.165) is 28.7 Å². The van der Waals surface area contributed by atoms with E-state index < -0.39 is 119 Å². The third-order valence-electron chi connectivity index (χ3n) is 14.7. The van der Waals surface area contributed by atoms with E-state index in [0.29, 0.717) is 24.0 Å². The van der Waals surface area contributed by atoms with Crippen molar-refractivity contribution in [1.82, 2.24) is 20.9 Å². The number of aromatic hydroxyl groups is 1. The lowest BCUT2D eigenvalue weighted by Crippen LogP contribution is -2.77. The van der Waals surface area contributed by atoms with Crippen LogP contribution in [0.5, 0.6) is 17.2 Å². The number of phenols is 1. The molecule has 4 aliphatic heterocycles. The molecule has 2 aliphatic carbocycles. The fourth-order valence-corrected chi connectivity index (χ4v) is 10.9. The van der Waals surface area contributed by atoms with Crippen LogP contribution in [-0.2, 0) is 40.3 Å². The summed E-state index contributed by atoms with van der Waals surface area (Å²) in [5.74, 6) is -10.1. The molecule has 0 radical (unpaired) electrons. The van der Waals surface area contributed by atoms with Gasteiger partial charge in [-0.3, -0.25) is 29.1 Å². The van der Waals surface area contributed by atoms with E-state index in [9.17, 15) is 55.5 Å². The SMILES string of the molecule is CN=C(N)NCc1c(O)c2c(c3c1C[C@@H](C1=CNC(N)C=C1)[C@H](CCO)CC3)C(=O)c1c(CO)c(OC)cc(O[C@@H]3O[C@](O)(C(O)O)[C@](O)(C[C@H](CN4C(=O)C=CC4=O)C4=CCNC(N)=C4)[C@H](O)[C@H]3O)c1C2=O. The number of hydrogen-bond donors (Lipinski definition) is 15. The number of aliphatic hydroxyl groups is 8. The molecule has 18 N–H and O–H groups in total. The van der Waals surface area contributed by atoms with Crippen molar-refractivity contribution in [3.05, 3.63) is 110 Å². The van der Waals surface area contributed by atoms with Crippen molar-refractivity contribution in [2.24, 2.45) is 39.9 Å². The van der Waals surface area contributed by atoms with Crippen LogP contribution in [0.2, 0.25) is 0 Å². The third-order valence-corrected chi connectivity index (χ3v) is 14.7. The van der Waals surface area contributed by atoms with Gasteiger partial charge >= 0.3 is 0 Å². The maximum Gasteiger partial charge on any atom is 0.253 e. The second-order valence-corrected chi connectivity index (χ2v) is 18.7. The van der Waals surface area contributed by atoms with E-state index in [1.165, 1.54) is 20.2 Å². The maximum atomic E-state index is 15.4. The molecule has 24 heteroatoms. The van der Waals surface area contributed by atoms with Gasteiger partial charge in [0.05, 0.1) is 36.8 Å². The van der Waals surface area contributed by atoms with E-state index in [1.807, 2.05) is 6.08 Å². The minimum atomic E-state index is -3.69. The topological polar surface area (TPSA) is 408 Å². The summed E-state index contributed by atoms with van der Waals surface area (Å²) in [7, 11) is 2.62. The number of nitrogens with two attached hydrogens (primary N) is 3. The molecule has 1 fully saturated rings. The van der Waals surface area contributed by atoms with Crippen LogP contribution in [0.3, 0.4) is 0 Å². The summed E-state index contributed by atoms with van der Waals surface area (Å²) in [6.07, 6.45) is -0.440. The normalized spacial score (nSPS) is 28.3. The molecule has 392 valence electrons. The van der Waals surface area contributed by atoms with E-state index in [4.69, 9.17) is 31.4 Å². The van der Waals surface area contributed by atoms with Crippen LogP contribution in [0.25, 0.3) is 0 Å². The highest BCUT2D eigenvalue weighted by Crippen LogP contribution is 2.50. The third kappa shape index (κ3) is 9.23. The number of ether oxygens (including phenoxy) is 3. The standard InChI is InChI=1S/C49H60N8O16/c1-53-47(52)56-18-28-27-14-26(23-4-6-32(50)55-17-23)21(10-12-58)3-5-25(27)36-39(40(28)62)42(64)38-31(15-30(71-2)29(20-59)37(38)41(36)63)72-45-43(65)44(66)48(69,49(70,73-45)46(67)68)16-24(22-9-11-54-33(51)13-22)19-57-34(60)7-8-35(57)61/h4,6-9,13,15,17,21,24,26,32,43-46,54-55,58-59,62,65-70H,3,5,10-12,14,16,18-20,50-51H2,1-2H3,(H3,52,53,56)/t21-,24+,26+,32?,43+,44+,45+,48-,49+/m0/s1. The van der Waals surface area contributed by atoms with Gasteiger partial charge in [-0.2, -0.15) is 0 Å². The zero-order chi connectivity index (χ0) is 52.8. The van der Waals surface area contributed by atoms with Crippen molar-refractivity contribution < 1.29 is 79.3 Å². The van der Waals surface area contributed by atoms with Gasteiger partial charge in [-0.25, -0.2) is 0 Å². The van der Waals surface area contributed by atoms with Crippen LogP contribution in [0.4, 0.5) is 0 Å². The number of amides is 2. The Bertz CT molecular complexity index is 2770. The number of rotatable bonds is 15. The molecule has 24 nitrogen and oxygen atoms in total. The quantitative estimate of drug-likeness (QED) is 0.0232. The van der Waals surface area contributed by atoms with Crippen molar-refractivity contribution >= 4 is 29.3 Å². The number of methoxy groups -OCH3 is 1. The first-order chi connectivity index (χ1) is 34.7. The van der Waals surface area contributed by atoms with Crippen molar-refractivity contribution in [2.45, 2.75) is 87.6 Å². The Morgan fingerprint density at radius 3 is 2.34 bits per heavy atom. The summed E-state index contributed by atoms with van der Waals surface area (Å²) >= 11 is 0. The lowest BCUT2D eigenvalue weighted by molar-refractivity contribution is -0.456. The van der Waals surface area contributed by atoms with Crippen molar-refractivity contribution in [1.29, 1.82) is 0 Å². The number of benzene rings is 2. The van der Waals surface area contributed by atoms with Crippen LogP contribution in [0.15, 0.2) is 70.7 Å². The Balaban J connectivity index is 1.23. The van der Waals surface area contributed by atoms with Gasteiger partial charge in [0, 0.05) is 85.9 Å². The average Bonchev–Trinajstić information content (AvgIpc) is 3.56. The summed E-state index contributed by atoms with van der Waals surface area (Å²) in [6, 6.07) is 1.03. The van der Waals surface area contributed by atoms with Crippen LogP contribution >= 0.6 is 0 Å². The molecule has 8 rings (SSSR count). The average molecular weight is 1020 g/mol. The first-order valence-corrected chi connectivity index (χ1v) is 23.5. The lowest BCUT2D eigenvalue weighted by Gasteiger charge is -2.54. The highest BCUT2D eigenvalue weighted by atomic mass is 16.8. The number of ketones is 2. The number of nitrogens with one attached hydrogen (secondary N) is 3. The van der Waals surface area contributed by atoms with E-state index in [2.05, 4.69) is 20.9 Å².